The number of pyridine rings is 1. The van der Waals surface area contributed by atoms with E-state index < -0.39 is 5.97 Å². The smallest absolute Gasteiger partial charge is 0.340 e. The maximum Gasteiger partial charge on any atom is 0.340 e. The van der Waals surface area contributed by atoms with Crippen molar-refractivity contribution in [2.75, 3.05) is 0 Å². The van der Waals surface area contributed by atoms with Crippen LogP contribution < -0.4 is 0 Å². The van der Waals surface area contributed by atoms with Gasteiger partial charge in [-0.05, 0) is 18.6 Å². The van der Waals surface area contributed by atoms with Gasteiger partial charge in [0.2, 0.25) is 0 Å². The lowest BCUT2D eigenvalue weighted by Gasteiger charge is -2.04. The molecule has 0 spiro atoms. The molecule has 0 atom stereocenters. The number of hydrogen-bond acceptors (Lipinski definition) is 6. The number of nitrogens with zero attached hydrogens (tertiary/aromatic N) is 4. The molecule has 22 heavy (non-hydrogen) atoms. The monoisotopic (exact) mass is 314 g/mol. The Labute approximate surface area is 131 Å². The summed E-state index contributed by atoms with van der Waals surface area (Å²) in [6, 6.07) is 3.43. The fraction of sp³-hybridized carbons (Fsp3) is 0.200. The molecule has 7 heteroatoms. The van der Waals surface area contributed by atoms with E-state index in [1.807, 2.05) is 12.3 Å². The fourth-order valence-corrected chi connectivity index (χ4v) is 2.58. The van der Waals surface area contributed by atoms with Crippen LogP contribution in [0.2, 0.25) is 0 Å². The topological polar surface area (TPSA) is 69.9 Å². The van der Waals surface area contributed by atoms with Crippen molar-refractivity contribution in [3.63, 3.8) is 0 Å². The highest BCUT2D eigenvalue weighted by atomic mass is 32.1. The summed E-state index contributed by atoms with van der Waals surface area (Å²) in [6.45, 7) is 2.22. The van der Waals surface area contributed by atoms with E-state index in [1.165, 1.54) is 6.20 Å². The van der Waals surface area contributed by atoms with Gasteiger partial charge < -0.3 is 4.74 Å². The third-order valence-electron chi connectivity index (χ3n) is 3.01. The van der Waals surface area contributed by atoms with Crippen molar-refractivity contribution in [3.05, 3.63) is 58.7 Å². The lowest BCUT2D eigenvalue weighted by molar-refractivity contribution is 0.0468. The molecule has 112 valence electrons. The molecule has 0 aliphatic rings. The minimum atomic E-state index is -0.407. The van der Waals surface area contributed by atoms with Crippen molar-refractivity contribution in [3.8, 4) is 5.82 Å². The third kappa shape index (κ3) is 3.20. The molecule has 0 amide bonds. The Morgan fingerprint density at radius 2 is 2.32 bits per heavy atom. The Morgan fingerprint density at radius 1 is 1.41 bits per heavy atom. The quantitative estimate of drug-likeness (QED) is 0.677. The summed E-state index contributed by atoms with van der Waals surface area (Å²) < 4.78 is 7.01. The number of rotatable bonds is 5. The molecule has 0 radical (unpaired) electrons. The standard InChI is InChI=1S/C15H14N4O2S/c1-2-14-18-12(9-22-14)8-21-15(20)11-3-4-13(17-7-11)19-6-5-16-10-19/h3-7,9-10H,2,8H2,1H3. The number of thiazole rings is 1. The van der Waals surface area contributed by atoms with Crippen molar-refractivity contribution >= 4 is 17.3 Å². The molecule has 0 aliphatic carbocycles. The van der Waals surface area contributed by atoms with Gasteiger partial charge in [0.1, 0.15) is 18.8 Å². The van der Waals surface area contributed by atoms with Crippen LogP contribution in [0.1, 0.15) is 28.0 Å². The number of esters is 1. The van der Waals surface area contributed by atoms with Crippen molar-refractivity contribution in [1.82, 2.24) is 19.5 Å². The highest BCUT2D eigenvalue weighted by Crippen LogP contribution is 2.12. The molecule has 0 unspecified atom stereocenters. The summed E-state index contributed by atoms with van der Waals surface area (Å²) in [6.07, 6.45) is 7.48. The highest BCUT2D eigenvalue weighted by Gasteiger charge is 2.10. The Balaban J connectivity index is 1.62. The molecule has 0 bridgehead atoms. The molecule has 3 rings (SSSR count). The molecule has 0 fully saturated rings. The van der Waals surface area contributed by atoms with E-state index in [0.29, 0.717) is 11.4 Å². The van der Waals surface area contributed by atoms with Gasteiger partial charge in [0, 0.05) is 24.0 Å². The Kier molecular flexibility index (Phi) is 4.24. The number of carbonyl (C=O) groups is 1. The van der Waals surface area contributed by atoms with Crippen LogP contribution in [-0.4, -0.2) is 25.5 Å². The molecule has 3 aromatic rings. The number of aryl methyl sites for hydroxylation is 1. The van der Waals surface area contributed by atoms with E-state index in [2.05, 4.69) is 15.0 Å². The predicted octanol–water partition coefficient (Wildman–Crippen LogP) is 2.64. The number of hydrogen-bond donors (Lipinski definition) is 0. The zero-order chi connectivity index (χ0) is 15.4. The minimum absolute atomic E-state index is 0.179. The lowest BCUT2D eigenvalue weighted by Crippen LogP contribution is -2.06. The Bertz CT molecular complexity index is 750. The van der Waals surface area contributed by atoms with Crippen LogP contribution in [-0.2, 0) is 17.8 Å². The van der Waals surface area contributed by atoms with Gasteiger partial charge >= 0.3 is 5.97 Å². The summed E-state index contributed by atoms with van der Waals surface area (Å²) in [4.78, 5) is 24.5. The normalized spacial score (nSPS) is 10.6. The Hall–Kier alpha value is -2.54. The van der Waals surface area contributed by atoms with Crippen molar-refractivity contribution in [1.29, 1.82) is 0 Å². The number of carbonyl (C=O) groups excluding carboxylic acids is 1. The van der Waals surface area contributed by atoms with Crippen LogP contribution in [0, 0.1) is 0 Å². The van der Waals surface area contributed by atoms with Crippen molar-refractivity contribution in [2.45, 2.75) is 20.0 Å². The van der Waals surface area contributed by atoms with E-state index in [1.54, 1.807) is 46.8 Å². The van der Waals surface area contributed by atoms with E-state index in [4.69, 9.17) is 4.74 Å². The third-order valence-corrected chi connectivity index (χ3v) is 4.05. The minimum Gasteiger partial charge on any atom is -0.456 e. The van der Waals surface area contributed by atoms with Crippen LogP contribution in [0.4, 0.5) is 0 Å². The molecular formula is C15H14N4O2S. The second-order valence-electron chi connectivity index (χ2n) is 4.54. The van der Waals surface area contributed by atoms with Crippen LogP contribution in [0.15, 0.2) is 42.4 Å². The molecule has 3 heterocycles. The average Bonchev–Trinajstić information content (AvgIpc) is 3.24. The second-order valence-corrected chi connectivity index (χ2v) is 5.48. The van der Waals surface area contributed by atoms with Crippen LogP contribution >= 0.6 is 11.3 Å². The highest BCUT2D eigenvalue weighted by molar-refractivity contribution is 7.09. The molecule has 0 aliphatic heterocycles. The zero-order valence-corrected chi connectivity index (χ0v) is 12.8. The lowest BCUT2D eigenvalue weighted by atomic mass is 10.3. The van der Waals surface area contributed by atoms with E-state index >= 15 is 0 Å². The van der Waals surface area contributed by atoms with Crippen LogP contribution in [0.5, 0.6) is 0 Å². The van der Waals surface area contributed by atoms with E-state index in [-0.39, 0.29) is 6.61 Å². The number of ether oxygens (including phenoxy) is 1. The molecule has 0 saturated heterocycles. The number of aromatic nitrogens is 4. The molecule has 3 aromatic heterocycles. The Morgan fingerprint density at radius 3 is 2.95 bits per heavy atom. The molecular weight excluding hydrogens is 300 g/mol. The number of imidazole rings is 1. The second kappa shape index (κ2) is 6.48. The van der Waals surface area contributed by atoms with E-state index in [0.717, 1.165) is 17.1 Å². The van der Waals surface area contributed by atoms with Gasteiger partial charge in [0.05, 0.1) is 16.3 Å². The molecule has 0 saturated carbocycles. The molecule has 0 aromatic carbocycles. The summed E-state index contributed by atoms with van der Waals surface area (Å²) in [5.41, 5.74) is 1.19. The van der Waals surface area contributed by atoms with Crippen molar-refractivity contribution < 1.29 is 9.53 Å². The van der Waals surface area contributed by atoms with Gasteiger partial charge in [-0.1, -0.05) is 6.92 Å². The first-order chi connectivity index (χ1) is 10.8. The predicted molar refractivity (Wildman–Crippen MR) is 82.0 cm³/mol. The first-order valence-corrected chi connectivity index (χ1v) is 7.69. The van der Waals surface area contributed by atoms with Crippen LogP contribution in [0.3, 0.4) is 0 Å². The summed E-state index contributed by atoms with van der Waals surface area (Å²) in [5, 5.41) is 2.95. The first-order valence-electron chi connectivity index (χ1n) is 6.81. The van der Waals surface area contributed by atoms with E-state index in [9.17, 15) is 4.79 Å². The maximum atomic E-state index is 12.0. The van der Waals surface area contributed by atoms with Gasteiger partial charge in [-0.15, -0.1) is 11.3 Å². The largest absolute Gasteiger partial charge is 0.456 e. The van der Waals surface area contributed by atoms with Gasteiger partial charge in [0.25, 0.3) is 0 Å². The zero-order valence-electron chi connectivity index (χ0n) is 12.0. The summed E-state index contributed by atoms with van der Waals surface area (Å²) in [7, 11) is 0. The SMILES string of the molecule is CCc1nc(COC(=O)c2ccc(-n3ccnc3)nc2)cs1. The molecule has 6 nitrogen and oxygen atoms in total. The fourth-order valence-electron chi connectivity index (χ4n) is 1.85. The first kappa shape index (κ1) is 14.4. The van der Waals surface area contributed by atoms with Gasteiger partial charge in [-0.2, -0.15) is 0 Å². The van der Waals surface area contributed by atoms with Gasteiger partial charge in [0.15, 0.2) is 0 Å². The van der Waals surface area contributed by atoms with Gasteiger partial charge in [-0.25, -0.2) is 19.7 Å². The molecule has 0 N–H and O–H groups in total. The van der Waals surface area contributed by atoms with Gasteiger partial charge in [-0.3, -0.25) is 4.57 Å². The van der Waals surface area contributed by atoms with Crippen LogP contribution in [0.25, 0.3) is 5.82 Å². The average molecular weight is 314 g/mol. The van der Waals surface area contributed by atoms with Crippen molar-refractivity contribution in [2.24, 2.45) is 0 Å². The summed E-state index contributed by atoms with van der Waals surface area (Å²) in [5.74, 6) is 0.289. The summed E-state index contributed by atoms with van der Waals surface area (Å²) >= 11 is 1.57. The maximum absolute atomic E-state index is 12.0.